The van der Waals surface area contributed by atoms with E-state index in [0.29, 0.717) is 36.9 Å². The largest absolute Gasteiger partial charge is 0.416 e. The average molecular weight is 434 g/mol. The molecule has 2 amide bonds. The summed E-state index contributed by atoms with van der Waals surface area (Å²) in [6, 6.07) is 11.2. The highest BCUT2D eigenvalue weighted by atomic mass is 32.1. The number of rotatable bonds is 3. The first kappa shape index (κ1) is 20.4. The lowest BCUT2D eigenvalue weighted by Gasteiger charge is -2.26. The molecule has 1 aliphatic heterocycles. The van der Waals surface area contributed by atoms with Gasteiger partial charge in [0.2, 0.25) is 0 Å². The molecule has 9 heteroatoms. The molecule has 1 N–H and O–H groups in total. The van der Waals surface area contributed by atoms with Crippen LogP contribution in [-0.4, -0.2) is 43.0 Å². The zero-order valence-electron chi connectivity index (χ0n) is 15.7. The van der Waals surface area contributed by atoms with E-state index < -0.39 is 17.6 Å². The fourth-order valence-corrected chi connectivity index (χ4v) is 4.20. The molecule has 1 saturated heterocycles. The van der Waals surface area contributed by atoms with E-state index in [0.717, 1.165) is 22.2 Å². The first-order valence-corrected chi connectivity index (χ1v) is 10.0. The van der Waals surface area contributed by atoms with Gasteiger partial charge in [0.05, 0.1) is 23.7 Å². The Hall–Kier alpha value is -2.91. The Morgan fingerprint density at radius 3 is 2.53 bits per heavy atom. The van der Waals surface area contributed by atoms with E-state index in [4.69, 9.17) is 4.74 Å². The number of nitrogens with one attached hydrogen (secondary N) is 1. The minimum Gasteiger partial charge on any atom is -0.378 e. The molecule has 4 rings (SSSR count). The van der Waals surface area contributed by atoms with E-state index in [1.54, 1.807) is 29.2 Å². The molecule has 3 aromatic rings. The molecule has 30 heavy (non-hydrogen) atoms. The molecular weight excluding hydrogens is 417 g/mol. The van der Waals surface area contributed by atoms with E-state index in [1.165, 1.54) is 23.5 Å². The molecule has 0 radical (unpaired) electrons. The number of amides is 2. The van der Waals surface area contributed by atoms with Crippen LogP contribution < -0.4 is 5.32 Å². The second kappa shape index (κ2) is 8.08. The number of alkyl halides is 3. The molecule has 5 nitrogen and oxygen atoms in total. The monoisotopic (exact) mass is 434 g/mol. The van der Waals surface area contributed by atoms with Crippen molar-refractivity contribution in [3.63, 3.8) is 0 Å². The SMILES string of the molecule is O=C(Nc1ccc2sc(C(=O)N3CCOCC3)cc2c1)c1cccc(C(F)(F)F)c1. The number of hydrogen-bond acceptors (Lipinski definition) is 4. The van der Waals surface area contributed by atoms with Crippen molar-refractivity contribution in [2.24, 2.45) is 0 Å². The van der Waals surface area contributed by atoms with Gasteiger partial charge < -0.3 is 15.0 Å². The van der Waals surface area contributed by atoms with Gasteiger partial charge in [0.15, 0.2) is 0 Å². The van der Waals surface area contributed by atoms with Crippen molar-refractivity contribution < 1.29 is 27.5 Å². The molecular formula is C21H17F3N2O3S. The summed E-state index contributed by atoms with van der Waals surface area (Å²) in [4.78, 5) is 27.4. The van der Waals surface area contributed by atoms with Crippen LogP contribution in [0, 0.1) is 0 Å². The summed E-state index contributed by atoms with van der Waals surface area (Å²) in [7, 11) is 0. The lowest BCUT2D eigenvalue weighted by Crippen LogP contribution is -2.40. The topological polar surface area (TPSA) is 58.6 Å². The Bertz CT molecular complexity index is 1100. The van der Waals surface area contributed by atoms with Crippen molar-refractivity contribution in [3.05, 3.63) is 64.5 Å². The highest BCUT2D eigenvalue weighted by Crippen LogP contribution is 2.31. The number of carbonyl (C=O) groups excluding carboxylic acids is 2. The number of fused-ring (bicyclic) bond motifs is 1. The number of anilines is 1. The minimum atomic E-state index is -4.52. The Morgan fingerprint density at radius 1 is 1.03 bits per heavy atom. The van der Waals surface area contributed by atoms with Crippen molar-refractivity contribution in [2.75, 3.05) is 31.6 Å². The second-order valence-corrected chi connectivity index (χ2v) is 7.88. The summed E-state index contributed by atoms with van der Waals surface area (Å²) in [6.07, 6.45) is -4.52. The Kier molecular flexibility index (Phi) is 5.48. The standard InChI is InChI=1S/C21H17F3N2O3S/c22-21(23,24)15-3-1-2-13(10-15)19(27)25-16-4-5-17-14(11-16)12-18(30-17)20(28)26-6-8-29-9-7-26/h1-5,10-12H,6-9H2,(H,25,27). The number of nitrogens with zero attached hydrogens (tertiary/aromatic N) is 1. The lowest BCUT2D eigenvalue weighted by atomic mass is 10.1. The number of morpholine rings is 1. The molecule has 0 bridgehead atoms. The maximum absolute atomic E-state index is 12.9. The zero-order chi connectivity index (χ0) is 21.3. The van der Waals surface area contributed by atoms with Crippen LogP contribution >= 0.6 is 11.3 Å². The molecule has 1 fully saturated rings. The van der Waals surface area contributed by atoms with Crippen molar-refractivity contribution in [1.82, 2.24) is 4.90 Å². The third-order valence-corrected chi connectivity index (χ3v) is 5.84. The Morgan fingerprint density at radius 2 is 1.80 bits per heavy atom. The lowest BCUT2D eigenvalue weighted by molar-refractivity contribution is -0.137. The van der Waals surface area contributed by atoms with E-state index in [2.05, 4.69) is 5.32 Å². The normalized spacial score (nSPS) is 14.7. The molecule has 0 unspecified atom stereocenters. The quantitative estimate of drug-likeness (QED) is 0.653. The number of benzene rings is 2. The van der Waals surface area contributed by atoms with Crippen LogP contribution in [-0.2, 0) is 10.9 Å². The number of carbonyl (C=O) groups is 2. The van der Waals surface area contributed by atoms with Crippen molar-refractivity contribution >= 4 is 38.9 Å². The summed E-state index contributed by atoms with van der Waals surface area (Å²) in [5.74, 6) is -0.700. The summed E-state index contributed by atoms with van der Waals surface area (Å²) < 4.78 is 44.7. The molecule has 1 aliphatic rings. The smallest absolute Gasteiger partial charge is 0.378 e. The van der Waals surface area contributed by atoms with Crippen molar-refractivity contribution in [3.8, 4) is 0 Å². The first-order valence-electron chi connectivity index (χ1n) is 9.20. The molecule has 0 atom stereocenters. The predicted octanol–water partition coefficient (Wildman–Crippen LogP) is 4.64. The maximum Gasteiger partial charge on any atom is 0.416 e. The highest BCUT2D eigenvalue weighted by molar-refractivity contribution is 7.20. The number of ether oxygens (including phenoxy) is 1. The van der Waals surface area contributed by atoms with E-state index in [1.807, 2.05) is 0 Å². The number of thiophene rings is 1. The van der Waals surface area contributed by atoms with Gasteiger partial charge in [0.1, 0.15) is 0 Å². The van der Waals surface area contributed by atoms with Gasteiger partial charge in [-0.25, -0.2) is 0 Å². The van der Waals surface area contributed by atoms with Crippen molar-refractivity contribution in [1.29, 1.82) is 0 Å². The van der Waals surface area contributed by atoms with Gasteiger partial charge in [-0.2, -0.15) is 13.2 Å². The maximum atomic E-state index is 12.9. The Balaban J connectivity index is 1.52. The third kappa shape index (κ3) is 4.31. The van der Waals surface area contributed by atoms with Gasteiger partial charge in [0, 0.05) is 29.0 Å². The van der Waals surface area contributed by atoms with Gasteiger partial charge in [0.25, 0.3) is 11.8 Å². The summed E-state index contributed by atoms with van der Waals surface area (Å²) in [5, 5.41) is 3.39. The molecule has 156 valence electrons. The van der Waals surface area contributed by atoms with Crippen LogP contribution in [0.2, 0.25) is 0 Å². The van der Waals surface area contributed by atoms with Gasteiger partial charge in [-0.05, 0) is 47.9 Å². The van der Waals surface area contributed by atoms with Crippen LogP contribution in [0.25, 0.3) is 10.1 Å². The van der Waals surface area contributed by atoms with Crippen LogP contribution in [0.15, 0.2) is 48.5 Å². The average Bonchev–Trinajstić information content (AvgIpc) is 3.16. The second-order valence-electron chi connectivity index (χ2n) is 6.80. The molecule has 2 aromatic carbocycles. The minimum absolute atomic E-state index is 0.0611. The van der Waals surface area contributed by atoms with Crippen LogP contribution in [0.5, 0.6) is 0 Å². The van der Waals surface area contributed by atoms with Gasteiger partial charge >= 0.3 is 6.18 Å². The fraction of sp³-hybridized carbons (Fsp3) is 0.238. The van der Waals surface area contributed by atoms with Crippen LogP contribution in [0.3, 0.4) is 0 Å². The van der Waals surface area contributed by atoms with E-state index >= 15 is 0 Å². The van der Waals surface area contributed by atoms with E-state index in [-0.39, 0.29) is 11.5 Å². The fourth-order valence-electron chi connectivity index (χ4n) is 3.19. The molecule has 0 aliphatic carbocycles. The van der Waals surface area contributed by atoms with Crippen LogP contribution in [0.4, 0.5) is 18.9 Å². The van der Waals surface area contributed by atoms with Crippen LogP contribution in [0.1, 0.15) is 25.6 Å². The predicted molar refractivity (Wildman–Crippen MR) is 108 cm³/mol. The van der Waals surface area contributed by atoms with E-state index in [9.17, 15) is 22.8 Å². The first-order chi connectivity index (χ1) is 14.3. The molecule has 1 aromatic heterocycles. The molecule has 0 saturated carbocycles. The summed E-state index contributed by atoms with van der Waals surface area (Å²) in [6.45, 7) is 2.13. The number of halogens is 3. The summed E-state index contributed by atoms with van der Waals surface area (Å²) >= 11 is 1.36. The van der Waals surface area contributed by atoms with Crippen molar-refractivity contribution in [2.45, 2.75) is 6.18 Å². The Labute approximate surface area is 174 Å². The van der Waals surface area contributed by atoms with Gasteiger partial charge in [-0.3, -0.25) is 9.59 Å². The molecule has 0 spiro atoms. The molecule has 2 heterocycles. The zero-order valence-corrected chi connectivity index (χ0v) is 16.5. The van der Waals surface area contributed by atoms with Gasteiger partial charge in [-0.15, -0.1) is 11.3 Å². The third-order valence-electron chi connectivity index (χ3n) is 4.74. The number of hydrogen-bond donors (Lipinski definition) is 1. The highest BCUT2D eigenvalue weighted by Gasteiger charge is 2.31. The van der Waals surface area contributed by atoms with Gasteiger partial charge in [-0.1, -0.05) is 6.07 Å². The summed E-state index contributed by atoms with van der Waals surface area (Å²) in [5.41, 5.74) is -0.527.